The summed E-state index contributed by atoms with van der Waals surface area (Å²) < 4.78 is 5.06. The maximum absolute atomic E-state index is 11.8. The average Bonchev–Trinajstić information content (AvgIpc) is 2.46. The van der Waals surface area contributed by atoms with Crippen LogP contribution in [0.2, 0.25) is 0 Å². The first-order chi connectivity index (χ1) is 9.12. The van der Waals surface area contributed by atoms with Crippen molar-refractivity contribution in [2.45, 2.75) is 32.8 Å². The molecule has 0 aliphatic rings. The van der Waals surface area contributed by atoms with Crippen molar-refractivity contribution in [1.82, 2.24) is 5.32 Å². The third kappa shape index (κ3) is 4.56. The SMILES string of the molecule is CCC(CC)C(=O)NCC(O)c1ccc(OC)cc1. The Bertz CT molecular complexity index is 385. The number of amides is 1. The first-order valence-corrected chi connectivity index (χ1v) is 6.72. The minimum atomic E-state index is -0.691. The Balaban J connectivity index is 2.50. The zero-order valence-corrected chi connectivity index (χ0v) is 11.8. The predicted molar refractivity (Wildman–Crippen MR) is 75.0 cm³/mol. The minimum Gasteiger partial charge on any atom is -0.497 e. The number of hydrogen-bond donors (Lipinski definition) is 2. The molecule has 0 spiro atoms. The van der Waals surface area contributed by atoms with E-state index in [1.165, 1.54) is 0 Å². The summed E-state index contributed by atoms with van der Waals surface area (Å²) in [5.74, 6) is 0.789. The molecule has 0 saturated heterocycles. The van der Waals surface area contributed by atoms with Crippen molar-refractivity contribution >= 4 is 5.91 Å². The zero-order valence-electron chi connectivity index (χ0n) is 11.8. The van der Waals surface area contributed by atoms with Crippen LogP contribution in [0.4, 0.5) is 0 Å². The van der Waals surface area contributed by atoms with Crippen LogP contribution in [0, 0.1) is 5.92 Å². The summed E-state index contributed by atoms with van der Waals surface area (Å²) in [5, 5.41) is 12.8. The average molecular weight is 265 g/mol. The van der Waals surface area contributed by atoms with E-state index in [4.69, 9.17) is 4.74 Å². The number of nitrogens with one attached hydrogen (secondary N) is 1. The molecule has 0 heterocycles. The molecule has 1 aromatic rings. The van der Waals surface area contributed by atoms with Crippen molar-refractivity contribution in [3.05, 3.63) is 29.8 Å². The van der Waals surface area contributed by atoms with Gasteiger partial charge in [-0.3, -0.25) is 4.79 Å². The van der Waals surface area contributed by atoms with Crippen LogP contribution >= 0.6 is 0 Å². The first kappa shape index (κ1) is 15.5. The molecule has 0 aliphatic carbocycles. The summed E-state index contributed by atoms with van der Waals surface area (Å²) >= 11 is 0. The van der Waals surface area contributed by atoms with Gasteiger partial charge < -0.3 is 15.2 Å². The standard InChI is InChI=1S/C15H23NO3/c1-4-11(5-2)15(18)16-10-14(17)12-6-8-13(19-3)9-7-12/h6-9,11,14,17H,4-5,10H2,1-3H3,(H,16,18). The molecule has 0 fully saturated rings. The quantitative estimate of drug-likeness (QED) is 0.795. The molecule has 0 saturated carbocycles. The molecule has 2 N–H and O–H groups in total. The Labute approximate surface area is 114 Å². The largest absolute Gasteiger partial charge is 0.497 e. The molecule has 0 bridgehead atoms. The lowest BCUT2D eigenvalue weighted by Crippen LogP contribution is -2.33. The van der Waals surface area contributed by atoms with Crippen molar-refractivity contribution in [1.29, 1.82) is 0 Å². The number of methoxy groups -OCH3 is 1. The number of aliphatic hydroxyl groups is 1. The molecule has 19 heavy (non-hydrogen) atoms. The van der Waals surface area contributed by atoms with Gasteiger partial charge in [-0.2, -0.15) is 0 Å². The van der Waals surface area contributed by atoms with E-state index in [0.29, 0.717) is 0 Å². The Morgan fingerprint density at radius 3 is 2.32 bits per heavy atom. The topological polar surface area (TPSA) is 58.6 Å². The van der Waals surface area contributed by atoms with Crippen LogP contribution in [-0.2, 0) is 4.79 Å². The maximum Gasteiger partial charge on any atom is 0.223 e. The van der Waals surface area contributed by atoms with E-state index in [2.05, 4.69) is 5.32 Å². The second kappa shape index (κ2) is 7.79. The van der Waals surface area contributed by atoms with Gasteiger partial charge in [0.15, 0.2) is 0 Å². The lowest BCUT2D eigenvalue weighted by atomic mass is 10.0. The van der Waals surface area contributed by atoms with Crippen molar-refractivity contribution < 1.29 is 14.6 Å². The van der Waals surface area contributed by atoms with E-state index in [-0.39, 0.29) is 18.4 Å². The lowest BCUT2D eigenvalue weighted by Gasteiger charge is -2.16. The van der Waals surface area contributed by atoms with Gasteiger partial charge in [-0.15, -0.1) is 0 Å². The second-order valence-corrected chi connectivity index (χ2v) is 4.55. The lowest BCUT2D eigenvalue weighted by molar-refractivity contribution is -0.125. The molecule has 0 aliphatic heterocycles. The first-order valence-electron chi connectivity index (χ1n) is 6.72. The maximum atomic E-state index is 11.8. The summed E-state index contributed by atoms with van der Waals surface area (Å²) in [6, 6.07) is 7.18. The van der Waals surface area contributed by atoms with Gasteiger partial charge in [0.2, 0.25) is 5.91 Å². The van der Waals surface area contributed by atoms with Crippen LogP contribution in [0.25, 0.3) is 0 Å². The van der Waals surface area contributed by atoms with Crippen molar-refractivity contribution in [2.24, 2.45) is 5.92 Å². The highest BCUT2D eigenvalue weighted by molar-refractivity contribution is 5.78. The fourth-order valence-electron chi connectivity index (χ4n) is 1.94. The van der Waals surface area contributed by atoms with Crippen LogP contribution in [0.1, 0.15) is 38.4 Å². The second-order valence-electron chi connectivity index (χ2n) is 4.55. The number of ether oxygens (including phenoxy) is 1. The van der Waals surface area contributed by atoms with Crippen molar-refractivity contribution in [3.63, 3.8) is 0 Å². The van der Waals surface area contributed by atoms with E-state index in [1.54, 1.807) is 31.4 Å². The molecule has 1 aromatic carbocycles. The summed E-state index contributed by atoms with van der Waals surface area (Å²) in [7, 11) is 1.60. The van der Waals surface area contributed by atoms with Gasteiger partial charge in [-0.1, -0.05) is 26.0 Å². The van der Waals surface area contributed by atoms with E-state index in [1.807, 2.05) is 13.8 Å². The molecule has 4 heteroatoms. The van der Waals surface area contributed by atoms with E-state index in [0.717, 1.165) is 24.2 Å². The van der Waals surface area contributed by atoms with Gasteiger partial charge in [-0.25, -0.2) is 0 Å². The van der Waals surface area contributed by atoms with E-state index >= 15 is 0 Å². The van der Waals surface area contributed by atoms with Crippen LogP contribution in [-0.4, -0.2) is 24.7 Å². The third-order valence-corrected chi connectivity index (χ3v) is 3.33. The highest BCUT2D eigenvalue weighted by atomic mass is 16.5. The number of hydrogen-bond acceptors (Lipinski definition) is 3. The summed E-state index contributed by atoms with van der Waals surface area (Å²) in [5.41, 5.74) is 0.769. The number of aliphatic hydroxyl groups excluding tert-OH is 1. The molecule has 4 nitrogen and oxygen atoms in total. The Morgan fingerprint density at radius 2 is 1.84 bits per heavy atom. The number of carbonyl (C=O) groups excluding carboxylic acids is 1. The van der Waals surface area contributed by atoms with Crippen LogP contribution in [0.5, 0.6) is 5.75 Å². The van der Waals surface area contributed by atoms with Crippen LogP contribution in [0.15, 0.2) is 24.3 Å². The van der Waals surface area contributed by atoms with Gasteiger partial charge in [0.1, 0.15) is 5.75 Å². The van der Waals surface area contributed by atoms with Gasteiger partial charge in [0.05, 0.1) is 13.2 Å². The van der Waals surface area contributed by atoms with Crippen molar-refractivity contribution in [2.75, 3.05) is 13.7 Å². The number of carbonyl (C=O) groups is 1. The predicted octanol–water partition coefficient (Wildman–Crippen LogP) is 2.28. The summed E-state index contributed by atoms with van der Waals surface area (Å²) in [6.45, 7) is 4.23. The fraction of sp³-hybridized carbons (Fsp3) is 0.533. The van der Waals surface area contributed by atoms with Gasteiger partial charge in [-0.05, 0) is 30.5 Å². The Kier molecular flexibility index (Phi) is 6.36. The number of rotatable bonds is 7. The number of benzene rings is 1. The van der Waals surface area contributed by atoms with E-state index in [9.17, 15) is 9.90 Å². The van der Waals surface area contributed by atoms with Crippen LogP contribution in [0.3, 0.4) is 0 Å². The normalized spacial score (nSPS) is 12.3. The minimum absolute atomic E-state index is 0.0116. The summed E-state index contributed by atoms with van der Waals surface area (Å²) in [6.07, 6.45) is 0.950. The highest BCUT2D eigenvalue weighted by Gasteiger charge is 2.15. The molecule has 1 amide bonds. The molecule has 1 atom stereocenters. The Hall–Kier alpha value is -1.55. The van der Waals surface area contributed by atoms with Gasteiger partial charge >= 0.3 is 0 Å². The van der Waals surface area contributed by atoms with Crippen LogP contribution < -0.4 is 10.1 Å². The molecule has 106 valence electrons. The van der Waals surface area contributed by atoms with E-state index < -0.39 is 6.10 Å². The monoisotopic (exact) mass is 265 g/mol. The Morgan fingerprint density at radius 1 is 1.26 bits per heavy atom. The highest BCUT2D eigenvalue weighted by Crippen LogP contribution is 2.17. The molecule has 1 rings (SSSR count). The molecular formula is C15H23NO3. The zero-order chi connectivity index (χ0) is 14.3. The fourth-order valence-corrected chi connectivity index (χ4v) is 1.94. The molecular weight excluding hydrogens is 242 g/mol. The van der Waals surface area contributed by atoms with Crippen molar-refractivity contribution in [3.8, 4) is 5.75 Å². The smallest absolute Gasteiger partial charge is 0.223 e. The molecule has 0 radical (unpaired) electrons. The van der Waals surface area contributed by atoms with Gasteiger partial charge in [0.25, 0.3) is 0 Å². The van der Waals surface area contributed by atoms with Gasteiger partial charge in [0, 0.05) is 12.5 Å². The molecule has 1 unspecified atom stereocenters. The third-order valence-electron chi connectivity index (χ3n) is 3.33. The molecule has 0 aromatic heterocycles. The summed E-state index contributed by atoms with van der Waals surface area (Å²) in [4.78, 5) is 11.8.